The first-order valence-electron chi connectivity index (χ1n) is 5.85. The maximum Gasteiger partial charge on any atom is 0.111 e. The van der Waals surface area contributed by atoms with Crippen LogP contribution in [0.4, 0.5) is 0 Å². The van der Waals surface area contributed by atoms with E-state index in [1.54, 1.807) is 12.4 Å². The number of pyridine rings is 1. The summed E-state index contributed by atoms with van der Waals surface area (Å²) in [6.45, 7) is 4.11. The summed E-state index contributed by atoms with van der Waals surface area (Å²) >= 11 is 0. The van der Waals surface area contributed by atoms with Gasteiger partial charge < -0.3 is 4.98 Å². The average Bonchev–Trinajstić information content (AvgIpc) is 2.82. The fraction of sp³-hybridized carbons (Fsp3) is 0.0667. The molecule has 0 unspecified atom stereocenters. The van der Waals surface area contributed by atoms with E-state index in [-0.39, 0.29) is 0 Å². The van der Waals surface area contributed by atoms with Crippen LogP contribution in [0.15, 0.2) is 55.4 Å². The Kier molecular flexibility index (Phi) is 2.65. The number of allylic oxidation sites excluding steroid dienone is 1. The Hall–Kier alpha value is -2.42. The molecule has 1 aromatic carbocycles. The van der Waals surface area contributed by atoms with Gasteiger partial charge in [0.2, 0.25) is 0 Å². The normalized spacial score (nSPS) is 10.7. The van der Waals surface area contributed by atoms with Gasteiger partial charge in [0.25, 0.3) is 0 Å². The lowest BCUT2D eigenvalue weighted by molar-refractivity contribution is 1.08. The maximum atomic E-state index is 4.52. The van der Waals surface area contributed by atoms with Crippen molar-refractivity contribution in [3.63, 3.8) is 0 Å². The molecule has 88 valence electrons. The Bertz CT molecular complexity index is 650. The van der Waals surface area contributed by atoms with E-state index in [1.807, 2.05) is 24.3 Å². The van der Waals surface area contributed by atoms with Gasteiger partial charge in [-0.1, -0.05) is 36.9 Å². The van der Waals surface area contributed by atoms with Crippen molar-refractivity contribution in [1.82, 2.24) is 15.0 Å². The fourth-order valence-corrected chi connectivity index (χ4v) is 1.97. The monoisotopic (exact) mass is 235 g/mol. The van der Waals surface area contributed by atoms with Gasteiger partial charge in [0.1, 0.15) is 5.82 Å². The van der Waals surface area contributed by atoms with Gasteiger partial charge in [0, 0.05) is 12.6 Å². The van der Waals surface area contributed by atoms with Gasteiger partial charge in [-0.15, -0.1) is 0 Å². The Morgan fingerprint density at radius 1 is 1.17 bits per heavy atom. The molecule has 18 heavy (non-hydrogen) atoms. The van der Waals surface area contributed by atoms with Crippen molar-refractivity contribution in [2.24, 2.45) is 0 Å². The quantitative estimate of drug-likeness (QED) is 0.757. The van der Waals surface area contributed by atoms with Crippen LogP contribution in [0.1, 0.15) is 11.4 Å². The Morgan fingerprint density at radius 2 is 2.00 bits per heavy atom. The predicted molar refractivity (Wildman–Crippen MR) is 73.1 cm³/mol. The summed E-state index contributed by atoms with van der Waals surface area (Å²) in [4.78, 5) is 11.9. The molecule has 0 bridgehead atoms. The standard InChI is InChI=1S/C15H13N3/c1-11(12-5-3-2-4-6-12)9-15-17-13-7-8-16-10-14(13)18-15/h2-8,10H,1,9H2,(H,17,18). The number of nitrogens with zero attached hydrogens (tertiary/aromatic N) is 2. The number of hydrogen-bond acceptors (Lipinski definition) is 2. The number of imidazole rings is 1. The number of aromatic amines is 1. The van der Waals surface area contributed by atoms with Crippen LogP contribution in [0.5, 0.6) is 0 Å². The van der Waals surface area contributed by atoms with Gasteiger partial charge in [-0.25, -0.2) is 4.98 Å². The molecule has 2 heterocycles. The molecule has 0 fully saturated rings. The van der Waals surface area contributed by atoms with Crippen molar-refractivity contribution in [3.05, 3.63) is 66.8 Å². The molecule has 0 atom stereocenters. The number of H-pyrrole nitrogens is 1. The molecule has 3 heteroatoms. The number of rotatable bonds is 3. The van der Waals surface area contributed by atoms with E-state index in [1.165, 1.54) is 0 Å². The van der Waals surface area contributed by atoms with E-state index >= 15 is 0 Å². The second-order valence-corrected chi connectivity index (χ2v) is 4.22. The Balaban J connectivity index is 1.86. The fourth-order valence-electron chi connectivity index (χ4n) is 1.97. The molecule has 0 radical (unpaired) electrons. The van der Waals surface area contributed by atoms with Crippen molar-refractivity contribution in [3.8, 4) is 0 Å². The van der Waals surface area contributed by atoms with E-state index in [0.29, 0.717) is 0 Å². The van der Waals surface area contributed by atoms with Crippen molar-refractivity contribution in [2.45, 2.75) is 6.42 Å². The molecule has 0 amide bonds. The van der Waals surface area contributed by atoms with Crippen molar-refractivity contribution < 1.29 is 0 Å². The second kappa shape index (κ2) is 4.45. The van der Waals surface area contributed by atoms with Crippen LogP contribution in [0, 0.1) is 0 Å². The van der Waals surface area contributed by atoms with Gasteiger partial charge in [-0.3, -0.25) is 4.98 Å². The molecule has 0 aliphatic carbocycles. The second-order valence-electron chi connectivity index (χ2n) is 4.22. The third-order valence-electron chi connectivity index (χ3n) is 2.90. The molecule has 0 aliphatic heterocycles. The van der Waals surface area contributed by atoms with Gasteiger partial charge in [-0.2, -0.15) is 0 Å². The number of aromatic nitrogens is 3. The summed E-state index contributed by atoms with van der Waals surface area (Å²) in [6.07, 6.45) is 4.26. The van der Waals surface area contributed by atoms with Gasteiger partial charge >= 0.3 is 0 Å². The van der Waals surface area contributed by atoms with E-state index < -0.39 is 0 Å². The lowest BCUT2D eigenvalue weighted by Crippen LogP contribution is -1.91. The van der Waals surface area contributed by atoms with Crippen molar-refractivity contribution >= 4 is 16.6 Å². The van der Waals surface area contributed by atoms with Crippen LogP contribution in [0.3, 0.4) is 0 Å². The van der Waals surface area contributed by atoms with Crippen LogP contribution in [-0.2, 0) is 6.42 Å². The first-order chi connectivity index (χ1) is 8.83. The molecule has 1 N–H and O–H groups in total. The van der Waals surface area contributed by atoms with Gasteiger partial charge in [0.15, 0.2) is 0 Å². The zero-order valence-electron chi connectivity index (χ0n) is 9.93. The highest BCUT2D eigenvalue weighted by molar-refractivity contribution is 5.74. The minimum Gasteiger partial charge on any atom is -0.340 e. The SMILES string of the molecule is C=C(Cc1nc2ccncc2[nH]1)c1ccccc1. The summed E-state index contributed by atoms with van der Waals surface area (Å²) in [7, 11) is 0. The highest BCUT2D eigenvalue weighted by Gasteiger charge is 2.05. The molecule has 3 rings (SSSR count). The zero-order chi connectivity index (χ0) is 12.4. The van der Waals surface area contributed by atoms with Crippen LogP contribution in [-0.4, -0.2) is 15.0 Å². The number of fused-ring (bicyclic) bond motifs is 1. The van der Waals surface area contributed by atoms with Crippen molar-refractivity contribution in [2.75, 3.05) is 0 Å². The molecular weight excluding hydrogens is 222 g/mol. The third-order valence-corrected chi connectivity index (χ3v) is 2.90. The maximum absolute atomic E-state index is 4.52. The highest BCUT2D eigenvalue weighted by atomic mass is 14.9. The summed E-state index contributed by atoms with van der Waals surface area (Å²) in [6, 6.07) is 12.1. The number of nitrogens with one attached hydrogen (secondary N) is 1. The Labute approximate surface area is 105 Å². The average molecular weight is 235 g/mol. The van der Waals surface area contributed by atoms with Crippen LogP contribution in [0.25, 0.3) is 16.6 Å². The first kappa shape index (κ1) is 10.7. The largest absolute Gasteiger partial charge is 0.340 e. The zero-order valence-corrected chi connectivity index (χ0v) is 9.93. The molecule has 3 nitrogen and oxygen atoms in total. The van der Waals surface area contributed by atoms with Crippen LogP contribution < -0.4 is 0 Å². The molecule has 0 saturated heterocycles. The lowest BCUT2D eigenvalue weighted by Gasteiger charge is -2.02. The topological polar surface area (TPSA) is 41.6 Å². The lowest BCUT2D eigenvalue weighted by atomic mass is 10.0. The van der Waals surface area contributed by atoms with E-state index in [0.717, 1.165) is 34.4 Å². The van der Waals surface area contributed by atoms with Gasteiger partial charge in [-0.05, 0) is 17.2 Å². The molecule has 0 aliphatic rings. The summed E-state index contributed by atoms with van der Waals surface area (Å²) in [5.74, 6) is 0.923. The van der Waals surface area contributed by atoms with Gasteiger partial charge in [0.05, 0.1) is 17.2 Å². The third kappa shape index (κ3) is 2.02. The molecule has 3 aromatic rings. The van der Waals surface area contributed by atoms with E-state index in [2.05, 4.69) is 33.7 Å². The molecular formula is C15H13N3. The number of benzene rings is 1. The van der Waals surface area contributed by atoms with E-state index in [9.17, 15) is 0 Å². The minimum absolute atomic E-state index is 0.721. The minimum atomic E-state index is 0.721. The van der Waals surface area contributed by atoms with Crippen LogP contribution in [0.2, 0.25) is 0 Å². The highest BCUT2D eigenvalue weighted by Crippen LogP contribution is 2.17. The summed E-state index contributed by atoms with van der Waals surface area (Å²) < 4.78 is 0. The van der Waals surface area contributed by atoms with Crippen LogP contribution >= 0.6 is 0 Å². The van der Waals surface area contributed by atoms with Crippen molar-refractivity contribution in [1.29, 1.82) is 0 Å². The molecule has 0 spiro atoms. The molecule has 0 saturated carbocycles. The molecule has 2 aromatic heterocycles. The smallest absolute Gasteiger partial charge is 0.111 e. The number of hydrogen-bond donors (Lipinski definition) is 1. The Morgan fingerprint density at radius 3 is 2.78 bits per heavy atom. The summed E-state index contributed by atoms with van der Waals surface area (Å²) in [5, 5.41) is 0. The summed E-state index contributed by atoms with van der Waals surface area (Å²) in [5.41, 5.74) is 4.12. The van der Waals surface area contributed by atoms with E-state index in [4.69, 9.17) is 0 Å². The predicted octanol–water partition coefficient (Wildman–Crippen LogP) is 3.21. The first-order valence-corrected chi connectivity index (χ1v) is 5.85.